The van der Waals surface area contributed by atoms with Crippen LogP contribution in [-0.4, -0.2) is 69.3 Å². The van der Waals surface area contributed by atoms with E-state index >= 15 is 0 Å². The Balaban J connectivity index is 2.15. The highest BCUT2D eigenvalue weighted by molar-refractivity contribution is 7.18. The van der Waals surface area contributed by atoms with Crippen molar-refractivity contribution in [1.82, 2.24) is 4.90 Å². The summed E-state index contributed by atoms with van der Waals surface area (Å²) in [6, 6.07) is 0. The van der Waals surface area contributed by atoms with Crippen LogP contribution in [0.5, 0.6) is 0 Å². The van der Waals surface area contributed by atoms with Crippen LogP contribution in [0, 0.1) is 12.8 Å². The van der Waals surface area contributed by atoms with Crippen molar-refractivity contribution in [2.45, 2.75) is 33.6 Å². The lowest BCUT2D eigenvalue weighted by atomic mass is 9.99. The van der Waals surface area contributed by atoms with Crippen molar-refractivity contribution in [2.24, 2.45) is 5.92 Å². The van der Waals surface area contributed by atoms with Crippen LogP contribution in [0.1, 0.15) is 52.3 Å². The normalized spacial score (nSPS) is 15.2. The van der Waals surface area contributed by atoms with Crippen molar-refractivity contribution in [3.05, 3.63) is 16.0 Å². The number of ether oxygens (including phenoxy) is 3. The Morgan fingerprint density at radius 3 is 2.45 bits per heavy atom. The molecule has 1 fully saturated rings. The third-order valence-electron chi connectivity index (χ3n) is 4.83. The molecular weight excluding hydrogens is 396 g/mol. The molecule has 0 bridgehead atoms. The molecule has 0 aromatic carbocycles. The Labute approximate surface area is 175 Å². The third kappa shape index (κ3) is 6.52. The van der Waals surface area contributed by atoms with Crippen molar-refractivity contribution < 1.29 is 28.6 Å². The summed E-state index contributed by atoms with van der Waals surface area (Å²) in [5, 5.41) is 3.11. The molecule has 0 saturated carbocycles. The molecule has 1 aliphatic heterocycles. The minimum atomic E-state index is -0.570. The van der Waals surface area contributed by atoms with Gasteiger partial charge in [-0.3, -0.25) is 9.69 Å². The highest BCUT2D eigenvalue weighted by atomic mass is 32.1. The second-order valence-corrected chi connectivity index (χ2v) is 8.14. The van der Waals surface area contributed by atoms with Crippen LogP contribution in [0.25, 0.3) is 0 Å². The zero-order chi connectivity index (χ0) is 21.4. The fraction of sp³-hybridized carbons (Fsp3) is 0.650. The van der Waals surface area contributed by atoms with Crippen LogP contribution in [-0.2, 0) is 19.0 Å². The summed E-state index contributed by atoms with van der Waals surface area (Å²) in [6.07, 6.45) is 2.13. The molecule has 1 aromatic heterocycles. The number of carbonyl (C=O) groups excluding carboxylic acids is 3. The van der Waals surface area contributed by atoms with Crippen molar-refractivity contribution in [3.63, 3.8) is 0 Å². The average molecular weight is 427 g/mol. The van der Waals surface area contributed by atoms with Crippen LogP contribution in [0.2, 0.25) is 0 Å². The second kappa shape index (κ2) is 11.3. The van der Waals surface area contributed by atoms with Crippen molar-refractivity contribution >= 4 is 34.2 Å². The molecule has 2 heterocycles. The van der Waals surface area contributed by atoms with E-state index in [1.165, 1.54) is 7.11 Å². The third-order valence-corrected chi connectivity index (χ3v) is 6.02. The van der Waals surface area contributed by atoms with Crippen molar-refractivity contribution in [3.8, 4) is 0 Å². The van der Waals surface area contributed by atoms with Gasteiger partial charge in [0.2, 0.25) is 5.91 Å². The number of anilines is 1. The monoisotopic (exact) mass is 426 g/mol. The minimum Gasteiger partial charge on any atom is -0.462 e. The molecule has 9 heteroatoms. The van der Waals surface area contributed by atoms with Gasteiger partial charge in [-0.2, -0.15) is 0 Å². The fourth-order valence-corrected chi connectivity index (χ4v) is 4.22. The number of hydrogen-bond donors (Lipinski definition) is 1. The lowest BCUT2D eigenvalue weighted by Crippen LogP contribution is -2.38. The zero-order valence-electron chi connectivity index (χ0n) is 17.5. The van der Waals surface area contributed by atoms with E-state index in [0.717, 1.165) is 37.3 Å². The maximum absolute atomic E-state index is 12.6. The number of nitrogens with one attached hydrogen (secondary N) is 1. The molecule has 0 aliphatic carbocycles. The lowest BCUT2D eigenvalue weighted by molar-refractivity contribution is -0.117. The van der Waals surface area contributed by atoms with Crippen molar-refractivity contribution in [1.29, 1.82) is 0 Å². The first-order valence-electron chi connectivity index (χ1n) is 9.86. The number of esters is 2. The maximum Gasteiger partial charge on any atom is 0.348 e. The Hall–Kier alpha value is -1.97. The van der Waals surface area contributed by atoms with Crippen molar-refractivity contribution in [2.75, 3.05) is 51.9 Å². The van der Waals surface area contributed by atoms with Gasteiger partial charge < -0.3 is 19.5 Å². The summed E-state index contributed by atoms with van der Waals surface area (Å²) in [5.74, 6) is -0.665. The zero-order valence-corrected chi connectivity index (χ0v) is 18.4. The molecule has 1 N–H and O–H groups in total. The molecule has 0 spiro atoms. The minimum absolute atomic E-state index is 0.108. The number of piperidine rings is 1. The van der Waals surface area contributed by atoms with Crippen LogP contribution in [0.15, 0.2) is 0 Å². The molecule has 162 valence electrons. The van der Waals surface area contributed by atoms with Crippen LogP contribution < -0.4 is 5.32 Å². The van der Waals surface area contributed by atoms with E-state index in [1.54, 1.807) is 13.8 Å². The highest BCUT2D eigenvalue weighted by Crippen LogP contribution is 2.34. The van der Waals surface area contributed by atoms with Gasteiger partial charge in [-0.05, 0) is 51.3 Å². The molecule has 8 nitrogen and oxygen atoms in total. The molecule has 0 unspecified atom stereocenters. The summed E-state index contributed by atoms with van der Waals surface area (Å²) in [4.78, 5) is 39.8. The predicted molar refractivity (Wildman–Crippen MR) is 111 cm³/mol. The van der Waals surface area contributed by atoms with Crippen LogP contribution >= 0.6 is 11.3 Å². The van der Waals surface area contributed by atoms with E-state index in [4.69, 9.17) is 14.2 Å². The van der Waals surface area contributed by atoms with E-state index in [9.17, 15) is 14.4 Å². The number of amides is 1. The number of rotatable bonds is 9. The molecule has 29 heavy (non-hydrogen) atoms. The van der Waals surface area contributed by atoms with Gasteiger partial charge in [-0.15, -0.1) is 11.3 Å². The molecule has 1 aromatic rings. The number of likely N-dealkylation sites (tertiary alicyclic amines) is 1. The number of methoxy groups -OCH3 is 1. The van der Waals surface area contributed by atoms with Gasteiger partial charge in [-0.1, -0.05) is 6.92 Å². The molecule has 1 saturated heterocycles. The van der Waals surface area contributed by atoms with E-state index in [-0.39, 0.29) is 42.7 Å². The molecule has 2 rings (SSSR count). The number of nitrogens with zero attached hydrogens (tertiary/aromatic N) is 1. The second-order valence-electron chi connectivity index (χ2n) is 7.12. The van der Waals surface area contributed by atoms with Gasteiger partial charge in [0.15, 0.2) is 0 Å². The molecule has 0 atom stereocenters. The van der Waals surface area contributed by atoms with Gasteiger partial charge >= 0.3 is 11.9 Å². The summed E-state index contributed by atoms with van der Waals surface area (Å²) in [6.45, 7) is 8.15. The van der Waals surface area contributed by atoms with E-state index in [2.05, 4.69) is 17.1 Å². The quantitative estimate of drug-likeness (QED) is 0.479. The summed E-state index contributed by atoms with van der Waals surface area (Å²) in [5.41, 5.74) is 0.647. The summed E-state index contributed by atoms with van der Waals surface area (Å²) < 4.78 is 15.2. The predicted octanol–water partition coefficient (Wildman–Crippen LogP) is 2.71. The fourth-order valence-electron chi connectivity index (χ4n) is 3.12. The first-order valence-corrected chi connectivity index (χ1v) is 10.7. The maximum atomic E-state index is 12.6. The van der Waals surface area contributed by atoms with Gasteiger partial charge in [0.05, 0.1) is 25.3 Å². The highest BCUT2D eigenvalue weighted by Gasteiger charge is 2.28. The van der Waals surface area contributed by atoms with Crippen LogP contribution in [0.3, 0.4) is 0 Å². The number of carbonyl (C=O) groups is 3. The van der Waals surface area contributed by atoms with Gasteiger partial charge in [0.25, 0.3) is 0 Å². The Bertz CT molecular complexity index is 725. The largest absolute Gasteiger partial charge is 0.462 e. The van der Waals surface area contributed by atoms with Crippen LogP contribution in [0.4, 0.5) is 5.00 Å². The summed E-state index contributed by atoms with van der Waals surface area (Å²) >= 11 is 1.03. The molecular formula is C20H30N2O6S. The molecule has 1 amide bonds. The number of thiophene rings is 1. The number of hydrogen-bond acceptors (Lipinski definition) is 8. The average Bonchev–Trinajstić information content (AvgIpc) is 3.00. The Kier molecular flexibility index (Phi) is 9.06. The first-order chi connectivity index (χ1) is 13.9. The topological polar surface area (TPSA) is 94.2 Å². The Morgan fingerprint density at radius 2 is 1.83 bits per heavy atom. The smallest absolute Gasteiger partial charge is 0.348 e. The van der Waals surface area contributed by atoms with E-state index in [1.807, 2.05) is 0 Å². The Morgan fingerprint density at radius 1 is 1.14 bits per heavy atom. The standard InChI is InChI=1S/C20H30N2O6S/c1-5-27-19(24)16-14(3)17(20(25)28-11-10-26-4)29-18(16)21-15(23)12-22-8-6-13(2)7-9-22/h13H,5-12H2,1-4H3,(H,21,23). The lowest BCUT2D eigenvalue weighted by Gasteiger charge is -2.29. The molecule has 1 aliphatic rings. The summed E-state index contributed by atoms with van der Waals surface area (Å²) in [7, 11) is 1.51. The van der Waals surface area contributed by atoms with Gasteiger partial charge in [0.1, 0.15) is 16.5 Å². The van der Waals surface area contributed by atoms with E-state index < -0.39 is 11.9 Å². The SMILES string of the molecule is CCOC(=O)c1c(NC(=O)CN2CCC(C)CC2)sc(C(=O)OCCOC)c1C. The van der Waals surface area contributed by atoms with Gasteiger partial charge in [0, 0.05) is 7.11 Å². The van der Waals surface area contributed by atoms with Gasteiger partial charge in [-0.25, -0.2) is 9.59 Å². The first kappa shape index (κ1) is 23.3. The molecule has 0 radical (unpaired) electrons. The van der Waals surface area contributed by atoms with E-state index in [0.29, 0.717) is 16.5 Å².